The lowest BCUT2D eigenvalue weighted by Crippen LogP contribution is -2.03. The van der Waals surface area contributed by atoms with Crippen LogP contribution in [-0.4, -0.2) is 15.0 Å². The van der Waals surface area contributed by atoms with Gasteiger partial charge in [0.15, 0.2) is 5.82 Å². The highest BCUT2D eigenvalue weighted by Crippen LogP contribution is 2.37. The third-order valence-electron chi connectivity index (χ3n) is 4.83. The molecule has 0 aliphatic rings. The van der Waals surface area contributed by atoms with E-state index in [9.17, 15) is 0 Å². The van der Waals surface area contributed by atoms with Gasteiger partial charge in [-0.1, -0.05) is 66.2 Å². The Balaban J connectivity index is 1.72. The SMILES string of the molecule is Nc1nc(-c2ccccc2)c(-c2cc(Cl)c3ncccc3c2)nc1Oc1ccccc1. The molecule has 5 aromatic rings. The van der Waals surface area contributed by atoms with Gasteiger partial charge in [-0.2, -0.15) is 0 Å². The summed E-state index contributed by atoms with van der Waals surface area (Å²) in [6.07, 6.45) is 1.72. The summed E-state index contributed by atoms with van der Waals surface area (Å²) in [6.45, 7) is 0. The zero-order valence-electron chi connectivity index (χ0n) is 16.4. The molecule has 2 heterocycles. The van der Waals surface area contributed by atoms with Crippen LogP contribution in [0.5, 0.6) is 11.6 Å². The predicted octanol–water partition coefficient (Wildman–Crippen LogP) is 6.39. The monoisotopic (exact) mass is 424 g/mol. The summed E-state index contributed by atoms with van der Waals surface area (Å²) in [6, 6.07) is 26.8. The minimum atomic E-state index is 0.208. The van der Waals surface area contributed by atoms with Gasteiger partial charge in [0, 0.05) is 22.7 Å². The van der Waals surface area contributed by atoms with Crippen molar-refractivity contribution in [2.75, 3.05) is 5.73 Å². The molecule has 2 N–H and O–H groups in total. The summed E-state index contributed by atoms with van der Waals surface area (Å²) in [5, 5.41) is 1.45. The quantitative estimate of drug-likeness (QED) is 0.362. The van der Waals surface area contributed by atoms with Crippen LogP contribution in [0.3, 0.4) is 0 Å². The summed E-state index contributed by atoms with van der Waals surface area (Å²) in [5.74, 6) is 1.07. The molecule has 0 saturated heterocycles. The molecular weight excluding hydrogens is 408 g/mol. The number of nitrogen functional groups attached to an aromatic ring is 1. The largest absolute Gasteiger partial charge is 0.436 e. The Bertz CT molecular complexity index is 1380. The fraction of sp³-hybridized carbons (Fsp3) is 0. The van der Waals surface area contributed by atoms with Gasteiger partial charge in [-0.3, -0.25) is 4.98 Å². The minimum absolute atomic E-state index is 0.208. The lowest BCUT2D eigenvalue weighted by atomic mass is 10.0. The van der Waals surface area contributed by atoms with Crippen molar-refractivity contribution in [2.45, 2.75) is 0 Å². The average Bonchev–Trinajstić information content (AvgIpc) is 2.81. The number of aromatic nitrogens is 3. The van der Waals surface area contributed by atoms with Crippen molar-refractivity contribution >= 4 is 28.3 Å². The first-order valence-electron chi connectivity index (χ1n) is 9.69. The number of halogens is 1. The van der Waals surface area contributed by atoms with E-state index in [1.165, 1.54) is 0 Å². The van der Waals surface area contributed by atoms with Crippen LogP contribution in [0, 0.1) is 0 Å². The smallest absolute Gasteiger partial charge is 0.263 e. The Hall–Kier alpha value is -3.96. The zero-order valence-corrected chi connectivity index (χ0v) is 17.1. The van der Waals surface area contributed by atoms with E-state index in [1.807, 2.05) is 84.9 Å². The van der Waals surface area contributed by atoms with E-state index in [-0.39, 0.29) is 11.7 Å². The standard InChI is InChI=1S/C25H17ClN4O/c26-20-15-18(14-17-10-7-13-28-21(17)20)23-22(16-8-3-1-4-9-16)29-24(27)25(30-23)31-19-11-5-2-6-12-19/h1-15H,(H2,27,29). The van der Waals surface area contributed by atoms with Crippen LogP contribution in [0.4, 0.5) is 5.82 Å². The van der Waals surface area contributed by atoms with Crippen LogP contribution >= 0.6 is 11.6 Å². The lowest BCUT2D eigenvalue weighted by Gasteiger charge is -2.14. The number of rotatable bonds is 4. The van der Waals surface area contributed by atoms with E-state index in [1.54, 1.807) is 6.20 Å². The molecule has 0 aliphatic heterocycles. The zero-order chi connectivity index (χ0) is 21.2. The Morgan fingerprint density at radius 1 is 0.742 bits per heavy atom. The average molecular weight is 425 g/mol. The van der Waals surface area contributed by atoms with Gasteiger partial charge in [-0.25, -0.2) is 9.97 Å². The molecule has 2 aromatic heterocycles. The van der Waals surface area contributed by atoms with E-state index in [0.717, 1.165) is 22.0 Å². The molecule has 0 amide bonds. The Labute approximate surface area is 184 Å². The molecule has 31 heavy (non-hydrogen) atoms. The highest BCUT2D eigenvalue weighted by atomic mass is 35.5. The van der Waals surface area contributed by atoms with Gasteiger partial charge in [0.05, 0.1) is 16.2 Å². The minimum Gasteiger partial charge on any atom is -0.436 e. The number of benzene rings is 3. The first-order chi connectivity index (χ1) is 15.2. The van der Waals surface area contributed by atoms with Crippen molar-refractivity contribution in [2.24, 2.45) is 0 Å². The number of para-hydroxylation sites is 1. The van der Waals surface area contributed by atoms with Gasteiger partial charge in [-0.15, -0.1) is 0 Å². The lowest BCUT2D eigenvalue weighted by molar-refractivity contribution is 0.464. The van der Waals surface area contributed by atoms with Crippen LogP contribution in [0.2, 0.25) is 5.02 Å². The molecule has 0 spiro atoms. The summed E-state index contributed by atoms with van der Waals surface area (Å²) in [4.78, 5) is 13.8. The van der Waals surface area contributed by atoms with E-state index in [0.29, 0.717) is 22.2 Å². The maximum absolute atomic E-state index is 6.54. The van der Waals surface area contributed by atoms with E-state index in [2.05, 4.69) is 9.97 Å². The van der Waals surface area contributed by atoms with Crippen molar-refractivity contribution < 1.29 is 4.74 Å². The second kappa shape index (κ2) is 8.05. The molecule has 0 radical (unpaired) electrons. The van der Waals surface area contributed by atoms with Gasteiger partial charge >= 0.3 is 0 Å². The number of hydrogen-bond donors (Lipinski definition) is 1. The van der Waals surface area contributed by atoms with Gasteiger partial charge in [0.25, 0.3) is 5.88 Å². The van der Waals surface area contributed by atoms with Crippen LogP contribution in [0.1, 0.15) is 0 Å². The molecule has 6 heteroatoms. The van der Waals surface area contributed by atoms with Crippen molar-refractivity contribution in [1.82, 2.24) is 15.0 Å². The summed E-state index contributed by atoms with van der Waals surface area (Å²) in [5.41, 5.74) is 9.94. The molecule has 0 bridgehead atoms. The number of ether oxygens (including phenoxy) is 1. The summed E-state index contributed by atoms with van der Waals surface area (Å²) >= 11 is 6.54. The van der Waals surface area contributed by atoms with Crippen molar-refractivity contribution in [3.05, 3.63) is 96.1 Å². The maximum Gasteiger partial charge on any atom is 0.263 e. The molecule has 0 fully saturated rings. The van der Waals surface area contributed by atoms with Crippen LogP contribution in [0.15, 0.2) is 91.1 Å². The van der Waals surface area contributed by atoms with E-state index >= 15 is 0 Å². The highest BCUT2D eigenvalue weighted by Gasteiger charge is 2.18. The van der Waals surface area contributed by atoms with Crippen LogP contribution in [-0.2, 0) is 0 Å². The number of hydrogen-bond acceptors (Lipinski definition) is 5. The Morgan fingerprint density at radius 2 is 1.45 bits per heavy atom. The first kappa shape index (κ1) is 19.0. The van der Waals surface area contributed by atoms with Gasteiger partial charge in [0.2, 0.25) is 0 Å². The highest BCUT2D eigenvalue weighted by molar-refractivity contribution is 6.35. The molecule has 0 saturated carbocycles. The van der Waals surface area contributed by atoms with Crippen molar-refractivity contribution in [3.63, 3.8) is 0 Å². The molecule has 5 nitrogen and oxygen atoms in total. The van der Waals surface area contributed by atoms with Gasteiger partial charge in [-0.05, 0) is 30.3 Å². The summed E-state index contributed by atoms with van der Waals surface area (Å²) < 4.78 is 5.94. The molecule has 0 aliphatic carbocycles. The fourth-order valence-corrected chi connectivity index (χ4v) is 3.67. The Morgan fingerprint density at radius 3 is 2.23 bits per heavy atom. The molecule has 0 unspecified atom stereocenters. The first-order valence-corrected chi connectivity index (χ1v) is 10.1. The van der Waals surface area contributed by atoms with Gasteiger partial charge in [0.1, 0.15) is 11.4 Å². The molecule has 3 aromatic carbocycles. The summed E-state index contributed by atoms with van der Waals surface area (Å²) in [7, 11) is 0. The fourth-order valence-electron chi connectivity index (χ4n) is 3.39. The number of anilines is 1. The maximum atomic E-state index is 6.54. The number of pyridine rings is 1. The Kier molecular flexibility index (Phi) is 4.94. The van der Waals surface area contributed by atoms with Crippen molar-refractivity contribution in [1.29, 1.82) is 0 Å². The predicted molar refractivity (Wildman–Crippen MR) is 124 cm³/mol. The molecule has 150 valence electrons. The molecular formula is C25H17ClN4O. The van der Waals surface area contributed by atoms with Crippen LogP contribution < -0.4 is 10.5 Å². The number of nitrogens with two attached hydrogens (primary N) is 1. The molecule has 5 rings (SSSR count). The van der Waals surface area contributed by atoms with Crippen molar-refractivity contribution in [3.8, 4) is 34.1 Å². The van der Waals surface area contributed by atoms with E-state index < -0.39 is 0 Å². The second-order valence-corrected chi connectivity index (χ2v) is 7.33. The third kappa shape index (κ3) is 3.79. The third-order valence-corrected chi connectivity index (χ3v) is 5.11. The van der Waals surface area contributed by atoms with Crippen LogP contribution in [0.25, 0.3) is 33.4 Å². The molecule has 0 atom stereocenters. The second-order valence-electron chi connectivity index (χ2n) is 6.93. The normalized spacial score (nSPS) is 10.9. The number of fused-ring (bicyclic) bond motifs is 1. The van der Waals surface area contributed by atoms with E-state index in [4.69, 9.17) is 27.1 Å². The topological polar surface area (TPSA) is 73.9 Å². The van der Waals surface area contributed by atoms with Gasteiger partial charge < -0.3 is 10.5 Å². The number of nitrogens with zero attached hydrogens (tertiary/aromatic N) is 3.